The Balaban J connectivity index is 2.38. The number of benzene rings is 1. The van der Waals surface area contributed by atoms with Crippen LogP contribution < -0.4 is 4.74 Å². The molecule has 7 nitrogen and oxygen atoms in total. The molecule has 1 aliphatic rings. The summed E-state index contributed by atoms with van der Waals surface area (Å²) in [5, 5.41) is 11.7. The van der Waals surface area contributed by atoms with Crippen LogP contribution in [0.25, 0.3) is 0 Å². The molecule has 0 aliphatic carbocycles. The molecular formula is C34H60O7Si2. The normalized spacial score (nSPS) is 23.2. The van der Waals surface area contributed by atoms with Gasteiger partial charge in [0.2, 0.25) is 0 Å². The number of carbonyl (C=O) groups is 1. The van der Waals surface area contributed by atoms with E-state index in [1.165, 1.54) is 6.08 Å². The van der Waals surface area contributed by atoms with Crippen molar-refractivity contribution in [2.45, 2.75) is 122 Å². The number of methoxy groups -OCH3 is 1. The fourth-order valence-electron chi connectivity index (χ4n) is 4.89. The molecule has 1 heterocycles. The fraction of sp³-hybridized carbons (Fsp3) is 0.735. The molecule has 1 unspecified atom stereocenters. The van der Waals surface area contributed by atoms with Crippen molar-refractivity contribution in [3.63, 3.8) is 0 Å². The first-order chi connectivity index (χ1) is 19.6. The van der Waals surface area contributed by atoms with Crippen LogP contribution in [0, 0.1) is 17.8 Å². The van der Waals surface area contributed by atoms with E-state index in [0.29, 0.717) is 13.2 Å². The number of aldehydes is 1. The van der Waals surface area contributed by atoms with E-state index < -0.39 is 46.3 Å². The van der Waals surface area contributed by atoms with Crippen LogP contribution in [0.15, 0.2) is 36.9 Å². The fourth-order valence-corrected chi connectivity index (χ4v) is 7.33. The van der Waals surface area contributed by atoms with Gasteiger partial charge in [0.1, 0.15) is 17.6 Å². The van der Waals surface area contributed by atoms with Gasteiger partial charge in [-0.1, -0.05) is 66.7 Å². The van der Waals surface area contributed by atoms with E-state index in [2.05, 4.69) is 88.2 Å². The molecule has 0 bridgehead atoms. The lowest BCUT2D eigenvalue weighted by Gasteiger charge is -2.45. The monoisotopic (exact) mass is 636 g/mol. The molecule has 7 atom stereocenters. The second kappa shape index (κ2) is 14.4. The Morgan fingerprint density at radius 1 is 1.02 bits per heavy atom. The number of epoxide rings is 1. The van der Waals surface area contributed by atoms with E-state index in [4.69, 9.17) is 23.1 Å². The molecule has 0 saturated carbocycles. The summed E-state index contributed by atoms with van der Waals surface area (Å²) in [4.78, 5) is 12.1. The van der Waals surface area contributed by atoms with Gasteiger partial charge in [-0.15, -0.1) is 6.58 Å². The zero-order chi connectivity index (χ0) is 33.0. The molecule has 43 heavy (non-hydrogen) atoms. The number of hydrogen-bond acceptors (Lipinski definition) is 7. The summed E-state index contributed by atoms with van der Waals surface area (Å²) >= 11 is 0. The van der Waals surface area contributed by atoms with Crippen molar-refractivity contribution in [2.75, 3.05) is 20.3 Å². The molecule has 0 spiro atoms. The van der Waals surface area contributed by atoms with Gasteiger partial charge in [-0.05, 0) is 60.9 Å². The van der Waals surface area contributed by atoms with E-state index >= 15 is 0 Å². The average molecular weight is 637 g/mol. The largest absolute Gasteiger partial charge is 0.497 e. The summed E-state index contributed by atoms with van der Waals surface area (Å²) in [5.41, 5.74) is 0.386. The Morgan fingerprint density at radius 2 is 1.58 bits per heavy atom. The van der Waals surface area contributed by atoms with Crippen molar-refractivity contribution < 1.29 is 33.0 Å². The summed E-state index contributed by atoms with van der Waals surface area (Å²) in [7, 11) is -2.87. The van der Waals surface area contributed by atoms with E-state index in [1.807, 2.05) is 24.3 Å². The van der Waals surface area contributed by atoms with Crippen LogP contribution >= 0.6 is 0 Å². The molecule has 1 N–H and O–H groups in total. The van der Waals surface area contributed by atoms with Gasteiger partial charge < -0.3 is 33.0 Å². The molecule has 2 rings (SSSR count). The van der Waals surface area contributed by atoms with Gasteiger partial charge in [-0.3, -0.25) is 0 Å². The van der Waals surface area contributed by atoms with Gasteiger partial charge in [0.05, 0.1) is 44.6 Å². The molecule has 1 aromatic rings. The van der Waals surface area contributed by atoms with Gasteiger partial charge in [0.25, 0.3) is 0 Å². The number of rotatable bonds is 17. The highest BCUT2D eigenvalue weighted by Crippen LogP contribution is 2.51. The minimum atomic E-state index is -2.35. The molecule has 1 aromatic carbocycles. The first kappa shape index (κ1) is 37.8. The maximum Gasteiger partial charge on any atom is 0.192 e. The van der Waals surface area contributed by atoms with E-state index in [0.717, 1.165) is 17.6 Å². The van der Waals surface area contributed by atoms with Gasteiger partial charge >= 0.3 is 0 Å². The highest BCUT2D eigenvalue weighted by molar-refractivity contribution is 6.74. The summed E-state index contributed by atoms with van der Waals surface area (Å²) in [6, 6.07) is 7.86. The van der Waals surface area contributed by atoms with Gasteiger partial charge in [0, 0.05) is 18.4 Å². The summed E-state index contributed by atoms with van der Waals surface area (Å²) in [5.74, 6) is -0.354. The van der Waals surface area contributed by atoms with E-state index in [-0.39, 0.29) is 28.7 Å². The first-order valence-electron chi connectivity index (χ1n) is 15.6. The Kier molecular flexibility index (Phi) is 12.7. The Morgan fingerprint density at radius 3 is 2.05 bits per heavy atom. The highest BCUT2D eigenvalue weighted by Gasteiger charge is 2.64. The summed E-state index contributed by atoms with van der Waals surface area (Å²) in [6.07, 6.45) is 0.620. The lowest BCUT2D eigenvalue weighted by molar-refractivity contribution is -0.116. The minimum absolute atomic E-state index is 0.0148. The van der Waals surface area contributed by atoms with Crippen LogP contribution in [-0.2, 0) is 29.7 Å². The molecule has 1 aliphatic heterocycles. The van der Waals surface area contributed by atoms with Crippen LogP contribution in [0.1, 0.15) is 61.0 Å². The standard InChI is InChI=1S/C34H60O7Si2/c1-15-26(20-35)29(36)28(23-39-42(11,12)32(3,4)5)31(41-43(13,14)33(6,7)8)34(9)30(40-34)24(2)21-38-22-25-16-18-27(37-10)19-17-25/h15-20,24,26,28-31,36H,1,21-23H2,2-14H3/t24-,26-,28-,29+,30+,31-,34?/m0/s1. The molecule has 0 amide bonds. The molecule has 1 saturated heterocycles. The summed E-state index contributed by atoms with van der Waals surface area (Å²) < 4.78 is 31.8. The number of aliphatic hydroxyl groups excluding tert-OH is 1. The Hall–Kier alpha value is -1.34. The van der Waals surface area contributed by atoms with E-state index in [9.17, 15) is 9.90 Å². The average Bonchev–Trinajstić information content (AvgIpc) is 3.60. The number of hydrogen-bond donors (Lipinski definition) is 1. The van der Waals surface area contributed by atoms with Crippen molar-refractivity contribution in [2.24, 2.45) is 17.8 Å². The third kappa shape index (κ3) is 9.34. The third-order valence-corrected chi connectivity index (χ3v) is 19.1. The van der Waals surface area contributed by atoms with Crippen LogP contribution in [0.2, 0.25) is 36.3 Å². The highest BCUT2D eigenvalue weighted by atomic mass is 28.4. The number of aliphatic hydroxyl groups is 1. The van der Waals surface area contributed by atoms with Crippen molar-refractivity contribution in [3.05, 3.63) is 42.5 Å². The third-order valence-electron chi connectivity index (χ3n) is 10.1. The van der Waals surface area contributed by atoms with Gasteiger partial charge in [-0.25, -0.2) is 0 Å². The number of ether oxygens (including phenoxy) is 3. The maximum absolute atomic E-state index is 12.1. The molecule has 246 valence electrons. The van der Waals surface area contributed by atoms with Gasteiger partial charge in [0.15, 0.2) is 16.6 Å². The molecule has 0 aromatic heterocycles. The zero-order valence-electron chi connectivity index (χ0n) is 29.2. The molecular weight excluding hydrogens is 577 g/mol. The molecule has 0 radical (unpaired) electrons. The second-order valence-electron chi connectivity index (χ2n) is 15.5. The number of carbonyl (C=O) groups excluding carboxylic acids is 1. The quantitative estimate of drug-likeness (QED) is 0.0826. The Bertz CT molecular complexity index is 1040. The minimum Gasteiger partial charge on any atom is -0.497 e. The van der Waals surface area contributed by atoms with Crippen molar-refractivity contribution >= 4 is 22.9 Å². The van der Waals surface area contributed by atoms with E-state index in [1.54, 1.807) is 7.11 Å². The second-order valence-corrected chi connectivity index (χ2v) is 25.1. The maximum atomic E-state index is 12.1. The van der Waals surface area contributed by atoms with Crippen LogP contribution in [0.4, 0.5) is 0 Å². The first-order valence-corrected chi connectivity index (χ1v) is 21.4. The smallest absolute Gasteiger partial charge is 0.192 e. The molecule has 1 fully saturated rings. The van der Waals surface area contributed by atoms with Crippen molar-refractivity contribution in [3.8, 4) is 5.75 Å². The summed E-state index contributed by atoms with van der Waals surface area (Å²) in [6.45, 7) is 31.3. The SMILES string of the molecule is C=C[C@@H](C=O)[C@@H](O)[C@H](CO[Si](C)(C)C(C)(C)C)[C@H](O[Si](C)(C)C(C)(C)C)C1(C)O[C@@H]1[C@@H](C)COCc1ccc(OC)cc1. The van der Waals surface area contributed by atoms with Crippen LogP contribution in [-0.4, -0.2) is 72.3 Å². The predicted molar refractivity (Wildman–Crippen MR) is 180 cm³/mol. The van der Waals surface area contributed by atoms with Gasteiger partial charge in [-0.2, -0.15) is 0 Å². The lowest BCUT2D eigenvalue weighted by atomic mass is 9.80. The van der Waals surface area contributed by atoms with Crippen molar-refractivity contribution in [1.29, 1.82) is 0 Å². The lowest BCUT2D eigenvalue weighted by Crippen LogP contribution is -2.56. The Labute approximate surface area is 263 Å². The van der Waals surface area contributed by atoms with Crippen molar-refractivity contribution in [1.82, 2.24) is 0 Å². The zero-order valence-corrected chi connectivity index (χ0v) is 31.2. The predicted octanol–water partition coefficient (Wildman–Crippen LogP) is 7.40. The van der Waals surface area contributed by atoms with Crippen LogP contribution in [0.3, 0.4) is 0 Å². The van der Waals surface area contributed by atoms with Crippen LogP contribution in [0.5, 0.6) is 5.75 Å². The molecule has 9 heteroatoms. The topological polar surface area (TPSA) is 86.8 Å².